The number of carbonyl (C=O) groups excluding carboxylic acids is 1. The second-order valence-corrected chi connectivity index (χ2v) is 4.99. The van der Waals surface area contributed by atoms with Crippen molar-refractivity contribution in [3.05, 3.63) is 35.4 Å². The molecule has 0 aromatic heterocycles. The first kappa shape index (κ1) is 16.2. The quantitative estimate of drug-likeness (QED) is 0.791. The molecule has 0 saturated carbocycles. The molecular formula is C16H22N2O2. The smallest absolute Gasteiger partial charge is 0.251 e. The lowest BCUT2D eigenvalue weighted by Gasteiger charge is -2.18. The molecule has 1 aromatic carbocycles. The molecule has 0 saturated heterocycles. The number of hydrogen-bond donors (Lipinski definition) is 2. The van der Waals surface area contributed by atoms with Crippen LogP contribution in [-0.4, -0.2) is 49.2 Å². The van der Waals surface area contributed by atoms with E-state index in [9.17, 15) is 4.79 Å². The van der Waals surface area contributed by atoms with Gasteiger partial charge >= 0.3 is 0 Å². The Bertz CT molecular complexity index is 501. The Morgan fingerprint density at radius 1 is 1.45 bits per heavy atom. The lowest BCUT2D eigenvalue weighted by molar-refractivity contribution is 0.0934. The molecule has 4 heteroatoms. The van der Waals surface area contributed by atoms with Crippen LogP contribution in [-0.2, 0) is 0 Å². The largest absolute Gasteiger partial charge is 0.395 e. The van der Waals surface area contributed by atoms with Gasteiger partial charge in [0.25, 0.3) is 5.91 Å². The fourth-order valence-electron chi connectivity index (χ4n) is 1.86. The summed E-state index contributed by atoms with van der Waals surface area (Å²) in [6.45, 7) is 2.82. The molecule has 0 aliphatic carbocycles. The van der Waals surface area contributed by atoms with E-state index in [4.69, 9.17) is 5.11 Å². The van der Waals surface area contributed by atoms with Crippen molar-refractivity contribution in [2.24, 2.45) is 0 Å². The molecule has 0 aliphatic rings. The highest BCUT2D eigenvalue weighted by molar-refractivity contribution is 5.94. The van der Waals surface area contributed by atoms with Gasteiger partial charge < -0.3 is 15.3 Å². The summed E-state index contributed by atoms with van der Waals surface area (Å²) in [5.41, 5.74) is 1.39. The maximum atomic E-state index is 12.1. The molecule has 0 aliphatic heterocycles. The number of nitrogens with one attached hydrogen (secondary N) is 1. The highest BCUT2D eigenvalue weighted by Crippen LogP contribution is 2.05. The normalized spacial score (nSPS) is 11.7. The third-order valence-electron chi connectivity index (χ3n) is 2.61. The third kappa shape index (κ3) is 5.87. The Morgan fingerprint density at radius 3 is 2.85 bits per heavy atom. The van der Waals surface area contributed by atoms with Crippen molar-refractivity contribution in [3.63, 3.8) is 0 Å². The van der Waals surface area contributed by atoms with Crippen LogP contribution >= 0.6 is 0 Å². The summed E-state index contributed by atoms with van der Waals surface area (Å²) in [7, 11) is 3.94. The topological polar surface area (TPSA) is 52.6 Å². The summed E-state index contributed by atoms with van der Waals surface area (Å²) in [5, 5.41) is 11.6. The minimum Gasteiger partial charge on any atom is -0.395 e. The molecule has 0 fully saturated rings. The lowest BCUT2D eigenvalue weighted by Crippen LogP contribution is -2.39. The highest BCUT2D eigenvalue weighted by atomic mass is 16.2. The standard InChI is InChI=1S/C16H22N2O2/c1-13(12-18(2)3)17-16(20)15-9-6-8-14(11-15)7-4-5-10-19/h6,8-9,11,13,19H,5,10,12H2,1-3H3,(H,17,20). The van der Waals surface area contributed by atoms with Crippen LogP contribution in [0.25, 0.3) is 0 Å². The van der Waals surface area contributed by atoms with Crippen LogP contribution in [0.15, 0.2) is 24.3 Å². The van der Waals surface area contributed by atoms with Gasteiger partial charge in [0.15, 0.2) is 0 Å². The van der Waals surface area contributed by atoms with E-state index in [0.717, 1.165) is 12.1 Å². The Morgan fingerprint density at radius 2 is 2.20 bits per heavy atom. The average molecular weight is 274 g/mol. The number of aliphatic hydroxyl groups is 1. The number of amides is 1. The van der Waals surface area contributed by atoms with Crippen molar-refractivity contribution in [3.8, 4) is 11.8 Å². The van der Waals surface area contributed by atoms with Gasteiger partial charge in [-0.15, -0.1) is 0 Å². The number of likely N-dealkylation sites (N-methyl/N-ethyl adjacent to an activating group) is 1. The van der Waals surface area contributed by atoms with Crippen molar-refractivity contribution in [2.45, 2.75) is 19.4 Å². The molecule has 1 unspecified atom stereocenters. The van der Waals surface area contributed by atoms with E-state index in [1.54, 1.807) is 12.1 Å². The second-order valence-electron chi connectivity index (χ2n) is 4.99. The molecule has 0 heterocycles. The zero-order valence-corrected chi connectivity index (χ0v) is 12.3. The number of nitrogens with zero attached hydrogens (tertiary/aromatic N) is 1. The summed E-state index contributed by atoms with van der Waals surface area (Å²) in [5.74, 6) is 5.68. The molecular weight excluding hydrogens is 252 g/mol. The van der Waals surface area contributed by atoms with Crippen LogP contribution in [0.1, 0.15) is 29.3 Å². The van der Waals surface area contributed by atoms with E-state index >= 15 is 0 Å². The molecule has 1 amide bonds. The molecule has 1 rings (SSSR count). The SMILES string of the molecule is CC(CN(C)C)NC(=O)c1cccc(C#CCCO)c1. The van der Waals surface area contributed by atoms with Crippen LogP contribution < -0.4 is 5.32 Å². The predicted octanol–water partition coefficient (Wildman–Crippen LogP) is 1.10. The summed E-state index contributed by atoms with van der Waals surface area (Å²) in [6.07, 6.45) is 0.441. The minimum absolute atomic E-state index is 0.0508. The van der Waals surface area contributed by atoms with Gasteiger partial charge in [-0.2, -0.15) is 0 Å². The maximum Gasteiger partial charge on any atom is 0.251 e. The first-order valence-corrected chi connectivity index (χ1v) is 6.68. The maximum absolute atomic E-state index is 12.1. The Hall–Kier alpha value is -1.83. The van der Waals surface area contributed by atoms with Crippen molar-refractivity contribution >= 4 is 5.91 Å². The van der Waals surface area contributed by atoms with E-state index in [1.807, 2.05) is 38.1 Å². The zero-order valence-electron chi connectivity index (χ0n) is 12.3. The lowest BCUT2D eigenvalue weighted by atomic mass is 10.1. The monoisotopic (exact) mass is 274 g/mol. The molecule has 4 nitrogen and oxygen atoms in total. The number of hydrogen-bond acceptors (Lipinski definition) is 3. The number of aliphatic hydroxyl groups excluding tert-OH is 1. The molecule has 1 aromatic rings. The Balaban J connectivity index is 2.69. The van der Waals surface area contributed by atoms with Gasteiger partial charge in [0, 0.05) is 30.1 Å². The fourth-order valence-corrected chi connectivity index (χ4v) is 1.86. The molecule has 0 radical (unpaired) electrons. The summed E-state index contributed by atoms with van der Waals surface area (Å²) >= 11 is 0. The van der Waals surface area contributed by atoms with Crippen molar-refractivity contribution in [1.82, 2.24) is 10.2 Å². The van der Waals surface area contributed by atoms with Gasteiger partial charge in [-0.25, -0.2) is 0 Å². The molecule has 0 bridgehead atoms. The second kappa shape index (κ2) is 8.36. The van der Waals surface area contributed by atoms with Crippen molar-refractivity contribution in [2.75, 3.05) is 27.2 Å². The first-order valence-electron chi connectivity index (χ1n) is 6.68. The van der Waals surface area contributed by atoms with Gasteiger partial charge in [-0.3, -0.25) is 4.79 Å². The van der Waals surface area contributed by atoms with Crippen LogP contribution in [0.2, 0.25) is 0 Å². The molecule has 20 heavy (non-hydrogen) atoms. The highest BCUT2D eigenvalue weighted by Gasteiger charge is 2.10. The van der Waals surface area contributed by atoms with E-state index in [1.165, 1.54) is 0 Å². The van der Waals surface area contributed by atoms with E-state index < -0.39 is 0 Å². The van der Waals surface area contributed by atoms with Gasteiger partial charge in [0.2, 0.25) is 0 Å². The minimum atomic E-state index is -0.0924. The van der Waals surface area contributed by atoms with Crippen LogP contribution in [0.4, 0.5) is 0 Å². The first-order chi connectivity index (χ1) is 9.52. The summed E-state index contributed by atoms with van der Waals surface area (Å²) in [6, 6.07) is 7.29. The van der Waals surface area contributed by atoms with Gasteiger partial charge in [0.1, 0.15) is 0 Å². The van der Waals surface area contributed by atoms with Crippen molar-refractivity contribution < 1.29 is 9.90 Å². The molecule has 0 spiro atoms. The van der Waals surface area contributed by atoms with Gasteiger partial charge in [-0.05, 0) is 39.2 Å². The van der Waals surface area contributed by atoms with Gasteiger partial charge in [0.05, 0.1) is 6.61 Å². The third-order valence-corrected chi connectivity index (χ3v) is 2.61. The number of carbonyl (C=O) groups is 1. The fraction of sp³-hybridized carbons (Fsp3) is 0.438. The summed E-state index contributed by atoms with van der Waals surface area (Å²) in [4.78, 5) is 14.1. The van der Waals surface area contributed by atoms with Crippen LogP contribution in [0.5, 0.6) is 0 Å². The average Bonchev–Trinajstić information content (AvgIpc) is 2.38. The van der Waals surface area contributed by atoms with E-state index in [2.05, 4.69) is 17.2 Å². The van der Waals surface area contributed by atoms with Crippen LogP contribution in [0.3, 0.4) is 0 Å². The number of benzene rings is 1. The Labute approximate surface area is 120 Å². The van der Waals surface area contributed by atoms with Gasteiger partial charge in [-0.1, -0.05) is 17.9 Å². The zero-order chi connectivity index (χ0) is 15.0. The Kier molecular flexibility index (Phi) is 6.78. The molecule has 1 atom stereocenters. The summed E-state index contributed by atoms with van der Waals surface area (Å²) < 4.78 is 0. The van der Waals surface area contributed by atoms with E-state index in [-0.39, 0.29) is 18.6 Å². The van der Waals surface area contributed by atoms with E-state index in [0.29, 0.717) is 12.0 Å². The van der Waals surface area contributed by atoms with Crippen LogP contribution in [0, 0.1) is 11.8 Å². The molecule has 2 N–H and O–H groups in total. The predicted molar refractivity (Wildman–Crippen MR) is 80.5 cm³/mol. The molecule has 108 valence electrons. The number of rotatable bonds is 5. The van der Waals surface area contributed by atoms with Crippen molar-refractivity contribution in [1.29, 1.82) is 0 Å².